The molecule has 0 aliphatic heterocycles. The van der Waals surface area contributed by atoms with Gasteiger partial charge in [-0.15, -0.1) is 0 Å². The molecule has 5 unspecified atom stereocenters. The van der Waals surface area contributed by atoms with Crippen LogP contribution >= 0.6 is 0 Å². The van der Waals surface area contributed by atoms with E-state index in [1.165, 1.54) is 0 Å². The Morgan fingerprint density at radius 3 is 2.42 bits per heavy atom. The van der Waals surface area contributed by atoms with Crippen LogP contribution in [0.2, 0.25) is 0 Å². The van der Waals surface area contributed by atoms with Crippen LogP contribution in [0.15, 0.2) is 0 Å². The van der Waals surface area contributed by atoms with Gasteiger partial charge in [-0.25, -0.2) is 4.79 Å². The Bertz CT molecular complexity index is 468. The van der Waals surface area contributed by atoms with Crippen LogP contribution in [0.1, 0.15) is 67.2 Å². The highest BCUT2D eigenvalue weighted by atomic mass is 16.6. The molecule has 3 aliphatic carbocycles. The second kappa shape index (κ2) is 7.03. The molecular formula is C19H33NO4. The van der Waals surface area contributed by atoms with E-state index in [4.69, 9.17) is 9.47 Å². The van der Waals surface area contributed by atoms with E-state index in [0.717, 1.165) is 32.0 Å². The molecule has 0 spiro atoms. The van der Waals surface area contributed by atoms with Gasteiger partial charge in [0.05, 0.1) is 17.7 Å². The minimum atomic E-state index is -0.565. The lowest BCUT2D eigenvalue weighted by Gasteiger charge is -2.57. The zero-order valence-electron chi connectivity index (χ0n) is 15.9. The van der Waals surface area contributed by atoms with E-state index in [0.29, 0.717) is 5.92 Å². The average Bonchev–Trinajstić information content (AvgIpc) is 2.43. The third-order valence-electron chi connectivity index (χ3n) is 5.39. The SMILES string of the molecule is CC(C)OC1CC2CCC1C(NC(=O)OC(C)(C)C)(C(C)C=O)C2. The minimum Gasteiger partial charge on any atom is -0.444 e. The van der Waals surface area contributed by atoms with E-state index in [-0.39, 0.29) is 24.0 Å². The van der Waals surface area contributed by atoms with Gasteiger partial charge < -0.3 is 19.6 Å². The molecule has 24 heavy (non-hydrogen) atoms. The summed E-state index contributed by atoms with van der Waals surface area (Å²) in [5.74, 6) is 0.366. The first-order valence-electron chi connectivity index (χ1n) is 9.19. The number of aldehydes is 1. The smallest absolute Gasteiger partial charge is 0.408 e. The molecule has 0 aromatic heterocycles. The molecule has 5 heteroatoms. The lowest BCUT2D eigenvalue weighted by atomic mass is 9.55. The van der Waals surface area contributed by atoms with E-state index in [1.54, 1.807) is 0 Å². The van der Waals surface area contributed by atoms with Crippen LogP contribution in [-0.2, 0) is 14.3 Å². The van der Waals surface area contributed by atoms with E-state index in [1.807, 2.05) is 41.5 Å². The van der Waals surface area contributed by atoms with Gasteiger partial charge in [0.1, 0.15) is 11.9 Å². The zero-order chi connectivity index (χ0) is 18.1. The van der Waals surface area contributed by atoms with Crippen molar-refractivity contribution in [2.24, 2.45) is 17.8 Å². The van der Waals surface area contributed by atoms with Crippen LogP contribution in [-0.4, -0.2) is 35.7 Å². The van der Waals surface area contributed by atoms with Crippen LogP contribution in [0.4, 0.5) is 4.79 Å². The van der Waals surface area contributed by atoms with Crippen molar-refractivity contribution in [1.29, 1.82) is 0 Å². The topological polar surface area (TPSA) is 64.6 Å². The maximum atomic E-state index is 12.5. The highest BCUT2D eigenvalue weighted by molar-refractivity contribution is 5.70. The summed E-state index contributed by atoms with van der Waals surface area (Å²) in [5, 5.41) is 3.10. The number of amides is 1. The molecule has 138 valence electrons. The van der Waals surface area contributed by atoms with Gasteiger partial charge in [-0.3, -0.25) is 0 Å². The van der Waals surface area contributed by atoms with Gasteiger partial charge in [0.2, 0.25) is 0 Å². The maximum Gasteiger partial charge on any atom is 0.408 e. The number of hydrogen-bond donors (Lipinski definition) is 1. The molecule has 0 heterocycles. The van der Waals surface area contributed by atoms with Gasteiger partial charge in [0.15, 0.2) is 0 Å². The van der Waals surface area contributed by atoms with E-state index in [2.05, 4.69) is 5.32 Å². The van der Waals surface area contributed by atoms with Gasteiger partial charge in [-0.2, -0.15) is 0 Å². The molecule has 3 aliphatic rings. The molecule has 5 nitrogen and oxygen atoms in total. The van der Waals surface area contributed by atoms with E-state index < -0.39 is 17.2 Å². The molecular weight excluding hydrogens is 306 g/mol. The second-order valence-electron chi connectivity index (χ2n) is 8.81. The molecule has 5 atom stereocenters. The standard InChI is InChI=1S/C19H33NO4/c1-12(2)23-16-9-14-7-8-15(16)19(10-14,13(3)11-21)20-17(22)24-18(4,5)6/h11-16H,7-10H2,1-6H3,(H,20,22). The summed E-state index contributed by atoms with van der Waals surface area (Å²) in [6.07, 6.45) is 4.73. The molecule has 3 saturated carbocycles. The van der Waals surface area contributed by atoms with Crippen molar-refractivity contribution >= 4 is 12.4 Å². The van der Waals surface area contributed by atoms with Gasteiger partial charge in [-0.1, -0.05) is 6.92 Å². The summed E-state index contributed by atoms with van der Waals surface area (Å²) in [4.78, 5) is 24.1. The number of rotatable bonds is 5. The fourth-order valence-corrected chi connectivity index (χ4v) is 4.51. The largest absolute Gasteiger partial charge is 0.444 e. The molecule has 2 bridgehead atoms. The zero-order valence-corrected chi connectivity index (χ0v) is 15.9. The third kappa shape index (κ3) is 4.11. The molecule has 0 aromatic rings. The van der Waals surface area contributed by atoms with Gasteiger partial charge in [0, 0.05) is 11.8 Å². The van der Waals surface area contributed by atoms with Crippen LogP contribution in [0, 0.1) is 17.8 Å². The van der Waals surface area contributed by atoms with Gasteiger partial charge in [-0.05, 0) is 66.2 Å². The molecule has 1 N–H and O–H groups in total. The van der Waals surface area contributed by atoms with Crippen LogP contribution < -0.4 is 5.32 Å². The normalized spacial score (nSPS) is 34.0. The van der Waals surface area contributed by atoms with Crippen molar-refractivity contribution in [3.63, 3.8) is 0 Å². The number of alkyl carbamates (subject to hydrolysis) is 1. The summed E-state index contributed by atoms with van der Waals surface area (Å²) in [7, 11) is 0. The van der Waals surface area contributed by atoms with Crippen molar-refractivity contribution in [1.82, 2.24) is 5.32 Å². The Labute approximate surface area is 145 Å². The molecule has 0 radical (unpaired) electrons. The minimum absolute atomic E-state index is 0.0924. The predicted octanol–water partition coefficient (Wildman–Crippen LogP) is 3.70. The van der Waals surface area contributed by atoms with Gasteiger partial charge in [0.25, 0.3) is 0 Å². The number of carbonyl (C=O) groups is 2. The monoisotopic (exact) mass is 339 g/mol. The number of nitrogens with one attached hydrogen (secondary N) is 1. The number of carbonyl (C=O) groups excluding carboxylic acids is 2. The number of ether oxygens (including phenoxy) is 2. The Kier molecular flexibility index (Phi) is 5.63. The molecule has 3 rings (SSSR count). The van der Waals surface area contributed by atoms with Crippen molar-refractivity contribution in [3.8, 4) is 0 Å². The first-order valence-corrected chi connectivity index (χ1v) is 9.19. The molecule has 3 fully saturated rings. The average molecular weight is 339 g/mol. The highest BCUT2D eigenvalue weighted by Crippen LogP contribution is 2.51. The van der Waals surface area contributed by atoms with E-state index in [9.17, 15) is 9.59 Å². The Balaban J connectivity index is 2.26. The predicted molar refractivity (Wildman–Crippen MR) is 92.8 cm³/mol. The fraction of sp³-hybridized carbons (Fsp3) is 0.895. The Morgan fingerprint density at radius 1 is 1.25 bits per heavy atom. The highest BCUT2D eigenvalue weighted by Gasteiger charge is 2.56. The van der Waals surface area contributed by atoms with Crippen molar-refractivity contribution < 1.29 is 19.1 Å². The van der Waals surface area contributed by atoms with Gasteiger partial charge >= 0.3 is 6.09 Å². The van der Waals surface area contributed by atoms with Crippen LogP contribution in [0.25, 0.3) is 0 Å². The molecule has 0 aromatic carbocycles. The lowest BCUT2D eigenvalue weighted by Crippen LogP contribution is -2.67. The summed E-state index contributed by atoms with van der Waals surface area (Å²) >= 11 is 0. The summed E-state index contributed by atoms with van der Waals surface area (Å²) in [5.41, 5.74) is -1.12. The van der Waals surface area contributed by atoms with E-state index >= 15 is 0 Å². The number of fused-ring (bicyclic) bond motifs is 3. The summed E-state index contributed by atoms with van der Waals surface area (Å²) in [6.45, 7) is 11.5. The van der Waals surface area contributed by atoms with Crippen LogP contribution in [0.3, 0.4) is 0 Å². The Morgan fingerprint density at radius 2 is 1.92 bits per heavy atom. The quantitative estimate of drug-likeness (QED) is 0.776. The Hall–Kier alpha value is -1.10. The first-order chi connectivity index (χ1) is 11.1. The fourth-order valence-electron chi connectivity index (χ4n) is 4.51. The summed E-state index contributed by atoms with van der Waals surface area (Å²) in [6, 6.07) is 0. The lowest BCUT2D eigenvalue weighted by molar-refractivity contribution is -0.139. The third-order valence-corrected chi connectivity index (χ3v) is 5.39. The van der Waals surface area contributed by atoms with Crippen molar-refractivity contribution in [2.75, 3.05) is 0 Å². The van der Waals surface area contributed by atoms with Crippen molar-refractivity contribution in [2.45, 2.75) is 90.6 Å². The maximum absolute atomic E-state index is 12.5. The second-order valence-corrected chi connectivity index (χ2v) is 8.81. The van der Waals surface area contributed by atoms with Crippen LogP contribution in [0.5, 0.6) is 0 Å². The molecule has 0 saturated heterocycles. The first kappa shape index (κ1) is 19.2. The number of hydrogen-bond acceptors (Lipinski definition) is 4. The molecule has 1 amide bonds. The van der Waals surface area contributed by atoms with Crippen molar-refractivity contribution in [3.05, 3.63) is 0 Å². The summed E-state index contributed by atoms with van der Waals surface area (Å²) < 4.78 is 11.6.